The predicted octanol–water partition coefficient (Wildman–Crippen LogP) is 2.68. The van der Waals surface area contributed by atoms with Crippen LogP contribution in [0.2, 0.25) is 0 Å². The maximum atomic E-state index is 5.14. The van der Waals surface area contributed by atoms with Crippen molar-refractivity contribution in [2.24, 2.45) is 4.99 Å². The smallest absolute Gasteiger partial charge is 0.191 e. The Labute approximate surface area is 135 Å². The molecule has 1 aromatic rings. The van der Waals surface area contributed by atoms with E-state index in [-0.39, 0.29) is 11.5 Å². The number of aliphatic imine (C=N–C) groups is 1. The zero-order valence-corrected chi connectivity index (χ0v) is 14.5. The average molecular weight is 354 g/mol. The summed E-state index contributed by atoms with van der Waals surface area (Å²) in [7, 11) is 3.51. The summed E-state index contributed by atoms with van der Waals surface area (Å²) < 4.78 is 6.33. The Morgan fingerprint density at radius 2 is 2.14 bits per heavy atom. The average Bonchev–Trinajstić information content (AvgIpc) is 3.25. The lowest BCUT2D eigenvalue weighted by Gasteiger charge is -2.22. The van der Waals surface area contributed by atoms with Crippen molar-refractivity contribution >= 4 is 21.9 Å². The summed E-state index contributed by atoms with van der Waals surface area (Å²) in [6.45, 7) is 3.64. The Hall–Kier alpha value is -1.07. The second kappa shape index (κ2) is 7.27. The minimum atomic E-state index is 0.236. The number of methoxy groups -OCH3 is 1. The second-order valence-electron chi connectivity index (χ2n) is 5.69. The Morgan fingerprint density at radius 1 is 1.43 bits per heavy atom. The van der Waals surface area contributed by atoms with Gasteiger partial charge >= 0.3 is 0 Å². The van der Waals surface area contributed by atoms with Crippen molar-refractivity contribution in [1.82, 2.24) is 10.6 Å². The highest BCUT2D eigenvalue weighted by atomic mass is 79.9. The lowest BCUT2D eigenvalue weighted by molar-refractivity contribution is 0.179. The van der Waals surface area contributed by atoms with Gasteiger partial charge in [0.25, 0.3) is 0 Å². The number of ether oxygens (including phenoxy) is 1. The standard InChI is InChI=1S/C16H24BrN3O/c1-12(10-21-3)20-15(18-2)19-11-16(8-9-16)13-6-4-5-7-14(13)17/h4-7,12H,8-11H2,1-3H3,(H2,18,19,20). The molecule has 1 unspecified atom stereocenters. The molecule has 0 spiro atoms. The summed E-state index contributed by atoms with van der Waals surface area (Å²) in [6, 6.07) is 8.73. The number of halogens is 1. The van der Waals surface area contributed by atoms with Crippen molar-refractivity contribution in [1.29, 1.82) is 0 Å². The van der Waals surface area contributed by atoms with E-state index in [4.69, 9.17) is 4.74 Å². The van der Waals surface area contributed by atoms with Crippen molar-refractivity contribution < 1.29 is 4.74 Å². The zero-order valence-electron chi connectivity index (χ0n) is 12.9. The zero-order chi connectivity index (χ0) is 15.3. The van der Waals surface area contributed by atoms with Crippen LogP contribution in [0.15, 0.2) is 33.7 Å². The molecule has 2 rings (SSSR count). The molecule has 0 amide bonds. The molecule has 0 heterocycles. The van der Waals surface area contributed by atoms with Crippen molar-refractivity contribution in [3.8, 4) is 0 Å². The number of rotatable bonds is 6. The molecule has 5 heteroatoms. The van der Waals surface area contributed by atoms with Gasteiger partial charge in [-0.2, -0.15) is 0 Å². The van der Waals surface area contributed by atoms with Crippen LogP contribution in [0.25, 0.3) is 0 Å². The largest absolute Gasteiger partial charge is 0.383 e. The Kier molecular flexibility index (Phi) is 5.65. The van der Waals surface area contributed by atoms with E-state index in [1.165, 1.54) is 22.9 Å². The Bertz CT molecular complexity index is 500. The molecule has 0 saturated heterocycles. The van der Waals surface area contributed by atoms with Crippen LogP contribution in [0.5, 0.6) is 0 Å². The third-order valence-corrected chi connectivity index (χ3v) is 4.61. The number of guanidine groups is 1. The van der Waals surface area contributed by atoms with Crippen molar-refractivity contribution in [3.05, 3.63) is 34.3 Å². The van der Waals surface area contributed by atoms with Gasteiger partial charge in [0.2, 0.25) is 0 Å². The quantitative estimate of drug-likeness (QED) is 0.610. The lowest BCUT2D eigenvalue weighted by Crippen LogP contribution is -2.46. The molecule has 1 saturated carbocycles. The van der Waals surface area contributed by atoms with E-state index in [2.05, 4.69) is 62.7 Å². The Balaban J connectivity index is 1.94. The first kappa shape index (κ1) is 16.3. The second-order valence-corrected chi connectivity index (χ2v) is 6.54. The number of hydrogen-bond acceptors (Lipinski definition) is 2. The summed E-state index contributed by atoms with van der Waals surface area (Å²) >= 11 is 3.67. The molecule has 0 radical (unpaired) electrons. The van der Waals surface area contributed by atoms with E-state index < -0.39 is 0 Å². The van der Waals surface area contributed by atoms with Crippen molar-refractivity contribution in [2.75, 3.05) is 27.3 Å². The molecular formula is C16H24BrN3O. The van der Waals surface area contributed by atoms with Crippen molar-refractivity contribution in [2.45, 2.75) is 31.2 Å². The topological polar surface area (TPSA) is 45.7 Å². The van der Waals surface area contributed by atoms with Crippen LogP contribution in [0.3, 0.4) is 0 Å². The lowest BCUT2D eigenvalue weighted by atomic mass is 9.96. The van der Waals surface area contributed by atoms with Gasteiger partial charge in [-0.15, -0.1) is 0 Å². The van der Waals surface area contributed by atoms with Gasteiger partial charge in [-0.1, -0.05) is 34.1 Å². The summed E-state index contributed by atoms with van der Waals surface area (Å²) in [5, 5.41) is 6.79. The van der Waals surface area contributed by atoms with Gasteiger partial charge in [0.1, 0.15) is 0 Å². The SMILES string of the molecule is CN=C(NCC1(c2ccccc2Br)CC1)NC(C)COC. The van der Waals surface area contributed by atoms with Crippen LogP contribution in [-0.2, 0) is 10.2 Å². The fourth-order valence-corrected chi connectivity index (χ4v) is 3.26. The minimum absolute atomic E-state index is 0.236. The van der Waals surface area contributed by atoms with Gasteiger partial charge in [-0.25, -0.2) is 0 Å². The van der Waals surface area contributed by atoms with E-state index in [0.29, 0.717) is 6.61 Å². The molecule has 1 fully saturated rings. The molecule has 1 aliphatic rings. The monoisotopic (exact) mass is 353 g/mol. The third kappa shape index (κ3) is 4.20. The maximum absolute atomic E-state index is 5.14. The van der Waals surface area contributed by atoms with Gasteiger partial charge in [0.05, 0.1) is 6.61 Å². The van der Waals surface area contributed by atoms with E-state index in [9.17, 15) is 0 Å². The van der Waals surface area contributed by atoms with Gasteiger partial charge in [0, 0.05) is 36.6 Å². The van der Waals surface area contributed by atoms with Gasteiger partial charge in [-0.3, -0.25) is 4.99 Å². The van der Waals surface area contributed by atoms with E-state index >= 15 is 0 Å². The fourth-order valence-electron chi connectivity index (χ4n) is 2.56. The minimum Gasteiger partial charge on any atom is -0.383 e. The fraction of sp³-hybridized carbons (Fsp3) is 0.562. The number of nitrogens with one attached hydrogen (secondary N) is 2. The van der Waals surface area contributed by atoms with E-state index in [1.807, 2.05) is 0 Å². The summed E-state index contributed by atoms with van der Waals surface area (Å²) in [4.78, 5) is 4.28. The van der Waals surface area contributed by atoms with Crippen LogP contribution in [0, 0.1) is 0 Å². The molecule has 0 aliphatic heterocycles. The third-order valence-electron chi connectivity index (χ3n) is 3.92. The molecule has 4 nitrogen and oxygen atoms in total. The molecule has 21 heavy (non-hydrogen) atoms. The molecular weight excluding hydrogens is 330 g/mol. The van der Waals surface area contributed by atoms with E-state index in [1.54, 1.807) is 14.2 Å². The van der Waals surface area contributed by atoms with Gasteiger partial charge in [0.15, 0.2) is 5.96 Å². The first-order valence-corrected chi connectivity index (χ1v) is 8.12. The summed E-state index contributed by atoms with van der Waals surface area (Å²) in [5.74, 6) is 0.831. The Morgan fingerprint density at radius 3 is 2.71 bits per heavy atom. The molecule has 2 N–H and O–H groups in total. The maximum Gasteiger partial charge on any atom is 0.191 e. The normalized spacial score (nSPS) is 18.2. The molecule has 116 valence electrons. The highest BCUT2D eigenvalue weighted by molar-refractivity contribution is 9.10. The van der Waals surface area contributed by atoms with E-state index in [0.717, 1.165) is 12.5 Å². The molecule has 1 aliphatic carbocycles. The number of nitrogens with zero attached hydrogens (tertiary/aromatic N) is 1. The van der Waals surface area contributed by atoms with Gasteiger partial charge < -0.3 is 15.4 Å². The van der Waals surface area contributed by atoms with Crippen LogP contribution in [-0.4, -0.2) is 39.3 Å². The first-order chi connectivity index (χ1) is 10.1. The molecule has 1 atom stereocenters. The van der Waals surface area contributed by atoms with Crippen LogP contribution in [0.4, 0.5) is 0 Å². The predicted molar refractivity (Wildman–Crippen MR) is 90.9 cm³/mol. The van der Waals surface area contributed by atoms with Gasteiger partial charge in [-0.05, 0) is 31.4 Å². The van der Waals surface area contributed by atoms with Crippen LogP contribution >= 0.6 is 15.9 Å². The molecule has 0 bridgehead atoms. The van der Waals surface area contributed by atoms with Crippen LogP contribution < -0.4 is 10.6 Å². The summed E-state index contributed by atoms with van der Waals surface area (Å²) in [5.41, 5.74) is 1.63. The summed E-state index contributed by atoms with van der Waals surface area (Å²) in [6.07, 6.45) is 2.43. The highest BCUT2D eigenvalue weighted by Gasteiger charge is 2.45. The number of hydrogen-bond donors (Lipinski definition) is 2. The van der Waals surface area contributed by atoms with Crippen molar-refractivity contribution in [3.63, 3.8) is 0 Å². The number of benzene rings is 1. The molecule has 1 aromatic carbocycles. The van der Waals surface area contributed by atoms with Crippen LogP contribution in [0.1, 0.15) is 25.3 Å². The molecule has 0 aromatic heterocycles. The first-order valence-electron chi connectivity index (χ1n) is 7.32. The highest BCUT2D eigenvalue weighted by Crippen LogP contribution is 2.49.